The van der Waals surface area contributed by atoms with Gasteiger partial charge < -0.3 is 15.8 Å². The first kappa shape index (κ1) is 36.6. The van der Waals surface area contributed by atoms with Crippen molar-refractivity contribution in [1.82, 2.24) is 10.3 Å². The molecule has 8 unspecified atom stereocenters. The van der Waals surface area contributed by atoms with Gasteiger partial charge in [-0.2, -0.15) is 0 Å². The molecule has 1 aromatic rings. The Morgan fingerprint density at radius 3 is 2.74 bits per heavy atom. The lowest BCUT2D eigenvalue weighted by Gasteiger charge is -2.58. The van der Waals surface area contributed by atoms with Crippen LogP contribution in [0.5, 0.6) is 0 Å². The fourth-order valence-corrected chi connectivity index (χ4v) is 12.2. The van der Waals surface area contributed by atoms with E-state index in [1.165, 1.54) is 51.4 Å². The van der Waals surface area contributed by atoms with Crippen LogP contribution in [-0.4, -0.2) is 41.9 Å². The summed E-state index contributed by atoms with van der Waals surface area (Å²) in [6.45, 7) is 13.4. The highest BCUT2D eigenvalue weighted by atomic mass is 33.1. The van der Waals surface area contributed by atoms with Gasteiger partial charge in [0.05, 0.1) is 12.4 Å². The van der Waals surface area contributed by atoms with Crippen molar-refractivity contribution < 1.29 is 9.53 Å². The van der Waals surface area contributed by atoms with Crippen LogP contribution in [-0.2, 0) is 4.74 Å². The number of carbonyl (C=O) groups is 1. The first-order chi connectivity index (χ1) is 22.6. The fourth-order valence-electron chi connectivity index (χ4n) is 10.2. The SMILES string of the molecule is CC(C)CCCC(C)C1CCC2C3CC=C4CC(OC(=O)NCCN=C(N)CCCSSc5ccccn5)CCC4(C)C3CCC12C. The molecule has 5 rings (SSSR count). The topological polar surface area (TPSA) is 89.6 Å². The van der Waals surface area contributed by atoms with Crippen LogP contribution in [0.25, 0.3) is 0 Å². The second kappa shape index (κ2) is 16.8. The maximum absolute atomic E-state index is 12.7. The van der Waals surface area contributed by atoms with Gasteiger partial charge in [-0.3, -0.25) is 4.99 Å². The van der Waals surface area contributed by atoms with Crippen molar-refractivity contribution in [2.24, 2.45) is 57.1 Å². The number of ether oxygens (including phenoxy) is 1. The molecule has 1 amide bonds. The molecule has 1 heterocycles. The van der Waals surface area contributed by atoms with Crippen LogP contribution in [0.15, 0.2) is 46.1 Å². The van der Waals surface area contributed by atoms with Gasteiger partial charge in [0.15, 0.2) is 0 Å². The van der Waals surface area contributed by atoms with Crippen LogP contribution in [0, 0.1) is 46.3 Å². The average Bonchev–Trinajstić information content (AvgIpc) is 3.41. The summed E-state index contributed by atoms with van der Waals surface area (Å²) in [5.41, 5.74) is 8.46. The van der Waals surface area contributed by atoms with E-state index in [9.17, 15) is 4.79 Å². The molecule has 0 saturated heterocycles. The monoisotopic (exact) mass is 682 g/mol. The van der Waals surface area contributed by atoms with E-state index in [1.54, 1.807) is 27.2 Å². The van der Waals surface area contributed by atoms with Gasteiger partial charge in [0.1, 0.15) is 11.1 Å². The Bertz CT molecular complexity index is 1220. The van der Waals surface area contributed by atoms with Crippen molar-refractivity contribution in [3.05, 3.63) is 36.0 Å². The first-order valence-electron chi connectivity index (χ1n) is 18.7. The third-order valence-electron chi connectivity index (χ3n) is 12.7. The van der Waals surface area contributed by atoms with Gasteiger partial charge >= 0.3 is 6.09 Å². The minimum atomic E-state index is -0.322. The minimum Gasteiger partial charge on any atom is -0.446 e. The average molecular weight is 683 g/mol. The number of allylic oxidation sites excluding steroid dienone is 1. The number of hydrogen-bond donors (Lipinski definition) is 2. The van der Waals surface area contributed by atoms with E-state index in [4.69, 9.17) is 10.5 Å². The van der Waals surface area contributed by atoms with Gasteiger partial charge in [-0.05, 0) is 121 Å². The third-order valence-corrected chi connectivity index (χ3v) is 15.0. The van der Waals surface area contributed by atoms with Gasteiger partial charge in [0.25, 0.3) is 0 Å². The van der Waals surface area contributed by atoms with Gasteiger partial charge in [-0.1, -0.05) is 82.4 Å². The Labute approximate surface area is 293 Å². The molecule has 262 valence electrons. The Kier molecular flexibility index (Phi) is 13.1. The summed E-state index contributed by atoms with van der Waals surface area (Å²) in [5, 5.41) is 3.93. The highest BCUT2D eigenvalue weighted by molar-refractivity contribution is 8.76. The Morgan fingerprint density at radius 2 is 1.96 bits per heavy atom. The van der Waals surface area contributed by atoms with Crippen molar-refractivity contribution in [3.8, 4) is 0 Å². The molecule has 0 bridgehead atoms. The number of aromatic nitrogens is 1. The number of rotatable bonds is 15. The van der Waals surface area contributed by atoms with Gasteiger partial charge in [0.2, 0.25) is 0 Å². The molecule has 0 aromatic carbocycles. The molecule has 4 aliphatic rings. The van der Waals surface area contributed by atoms with Crippen LogP contribution in [0.4, 0.5) is 4.79 Å². The normalized spacial score (nSPS) is 32.6. The van der Waals surface area contributed by atoms with E-state index in [2.05, 4.69) is 56.0 Å². The van der Waals surface area contributed by atoms with E-state index < -0.39 is 0 Å². The van der Waals surface area contributed by atoms with E-state index in [0.29, 0.717) is 24.3 Å². The van der Waals surface area contributed by atoms with Crippen LogP contribution >= 0.6 is 21.6 Å². The predicted octanol–water partition coefficient (Wildman–Crippen LogP) is 10.1. The summed E-state index contributed by atoms with van der Waals surface area (Å²) in [6, 6.07) is 5.95. The van der Waals surface area contributed by atoms with Crippen LogP contribution in [0.1, 0.15) is 118 Å². The number of hydrogen-bond acceptors (Lipinski definition) is 6. The van der Waals surface area contributed by atoms with Crippen LogP contribution < -0.4 is 11.1 Å². The molecular weight excluding hydrogens is 621 g/mol. The highest BCUT2D eigenvalue weighted by Crippen LogP contribution is 2.67. The standard InChI is InChI=1S/C39H62N4O2S2/c1-27(2)10-8-11-28(3)32-16-17-33-31-15-14-29-26-30(18-20-38(29,4)34(31)19-21-39(32,33)5)45-37(44)43-24-23-41-35(40)12-9-25-46-47-36-13-6-7-22-42-36/h6-7,13-14,22,27-28,30-34H,8-12,15-21,23-26H2,1-5H3,(H2,40,41)(H,43,44). The lowest BCUT2D eigenvalue weighted by Crippen LogP contribution is -2.51. The summed E-state index contributed by atoms with van der Waals surface area (Å²) in [6.07, 6.45) is 19.8. The van der Waals surface area contributed by atoms with Crippen LogP contribution in [0.3, 0.4) is 0 Å². The number of nitrogens with one attached hydrogen (secondary N) is 1. The maximum atomic E-state index is 12.7. The molecule has 1 aromatic heterocycles. The lowest BCUT2D eigenvalue weighted by atomic mass is 9.47. The number of amidine groups is 1. The van der Waals surface area contributed by atoms with Crippen molar-refractivity contribution in [3.63, 3.8) is 0 Å². The molecule has 6 nitrogen and oxygen atoms in total. The zero-order chi connectivity index (χ0) is 33.4. The number of amides is 1. The second-order valence-electron chi connectivity index (χ2n) is 16.0. The molecule has 4 aliphatic carbocycles. The zero-order valence-electron chi connectivity index (χ0n) is 29.8. The minimum absolute atomic E-state index is 0.0303. The molecular formula is C39H62N4O2S2. The molecule has 0 aliphatic heterocycles. The molecule has 8 heteroatoms. The smallest absolute Gasteiger partial charge is 0.407 e. The summed E-state index contributed by atoms with van der Waals surface area (Å²) in [5.74, 6) is 6.69. The summed E-state index contributed by atoms with van der Waals surface area (Å²) >= 11 is 0. The van der Waals surface area contributed by atoms with Gasteiger partial charge in [0, 0.05) is 31.3 Å². The number of nitrogens with two attached hydrogens (primary N) is 1. The van der Waals surface area contributed by atoms with E-state index in [-0.39, 0.29) is 17.6 Å². The number of pyridine rings is 1. The number of fused-ring (bicyclic) bond motifs is 5. The quantitative estimate of drug-likeness (QED) is 0.0629. The van der Waals surface area contributed by atoms with Gasteiger partial charge in [-0.15, -0.1) is 0 Å². The summed E-state index contributed by atoms with van der Waals surface area (Å²) < 4.78 is 5.95. The second-order valence-corrected chi connectivity index (χ2v) is 18.5. The molecule has 3 fully saturated rings. The maximum Gasteiger partial charge on any atom is 0.407 e. The molecule has 0 radical (unpaired) electrons. The van der Waals surface area contributed by atoms with E-state index in [1.807, 2.05) is 24.4 Å². The molecule has 8 atom stereocenters. The predicted molar refractivity (Wildman–Crippen MR) is 200 cm³/mol. The van der Waals surface area contributed by atoms with E-state index in [0.717, 1.165) is 78.4 Å². The molecule has 0 spiro atoms. The van der Waals surface area contributed by atoms with Crippen molar-refractivity contribution in [2.75, 3.05) is 18.8 Å². The summed E-state index contributed by atoms with van der Waals surface area (Å²) in [4.78, 5) is 21.5. The fraction of sp³-hybridized carbons (Fsp3) is 0.769. The first-order valence-corrected chi connectivity index (χ1v) is 21.1. The zero-order valence-corrected chi connectivity index (χ0v) is 31.5. The summed E-state index contributed by atoms with van der Waals surface area (Å²) in [7, 11) is 3.47. The Hall–Kier alpha value is -1.67. The number of carbonyl (C=O) groups excluding carboxylic acids is 1. The lowest BCUT2D eigenvalue weighted by molar-refractivity contribution is -0.0581. The third kappa shape index (κ3) is 9.12. The van der Waals surface area contributed by atoms with E-state index >= 15 is 0 Å². The van der Waals surface area contributed by atoms with Crippen LogP contribution in [0.2, 0.25) is 0 Å². The number of aliphatic imine (C=N–C) groups is 1. The highest BCUT2D eigenvalue weighted by Gasteiger charge is 2.59. The largest absolute Gasteiger partial charge is 0.446 e. The molecule has 47 heavy (non-hydrogen) atoms. The number of nitrogens with zero attached hydrogens (tertiary/aromatic N) is 2. The number of alkyl carbamates (subject to hydrolysis) is 1. The van der Waals surface area contributed by atoms with Crippen molar-refractivity contribution in [1.29, 1.82) is 0 Å². The Morgan fingerprint density at radius 1 is 1.11 bits per heavy atom. The Balaban J connectivity index is 1.03. The van der Waals surface area contributed by atoms with Gasteiger partial charge in [-0.25, -0.2) is 9.78 Å². The van der Waals surface area contributed by atoms with Crippen molar-refractivity contribution >= 4 is 33.5 Å². The molecule has 3 saturated carbocycles. The molecule has 3 N–H and O–H groups in total. The van der Waals surface area contributed by atoms with Crippen molar-refractivity contribution in [2.45, 2.75) is 129 Å².